The van der Waals surface area contributed by atoms with Crippen LogP contribution in [0.4, 0.5) is 0 Å². The second-order valence-electron chi connectivity index (χ2n) is 1.04. The summed E-state index contributed by atoms with van der Waals surface area (Å²) in [5.74, 6) is -1.12. The van der Waals surface area contributed by atoms with Crippen molar-refractivity contribution < 1.29 is 18.3 Å². The molecule has 0 saturated carbocycles. The zero-order valence-corrected chi connectivity index (χ0v) is 5.10. The summed E-state index contributed by atoms with van der Waals surface area (Å²) in [5.41, 5.74) is 0. The van der Waals surface area contributed by atoms with Crippen LogP contribution in [0.1, 0.15) is 0 Å². The highest BCUT2D eigenvalue weighted by molar-refractivity contribution is 7.80. The second kappa shape index (κ2) is 3.57. The maximum Gasteiger partial charge on any atom is 0.320 e. The molecule has 5 heteroatoms. The van der Waals surface area contributed by atoms with Gasteiger partial charge in [0.1, 0.15) is 5.75 Å². The Hall–Kier alpha value is -0.420. The van der Waals surface area contributed by atoms with E-state index in [-0.39, 0.29) is 0 Å². The van der Waals surface area contributed by atoms with Crippen molar-refractivity contribution in [3.8, 4) is 0 Å². The third kappa shape index (κ3) is 3.76. The minimum Gasteiger partial charge on any atom is -0.468 e. The van der Waals surface area contributed by atoms with Crippen LogP contribution in [-0.4, -0.2) is 27.6 Å². The molecular formula is C3H6O4S. The Balaban J connectivity index is 3.40. The Kier molecular flexibility index (Phi) is 3.38. The van der Waals surface area contributed by atoms with Crippen molar-refractivity contribution in [2.45, 2.75) is 0 Å². The van der Waals surface area contributed by atoms with E-state index in [9.17, 15) is 9.00 Å². The van der Waals surface area contributed by atoms with Crippen LogP contribution in [-0.2, 0) is 20.6 Å². The predicted octanol–water partition coefficient (Wildman–Crippen LogP) is -0.619. The number of methoxy groups -OCH3 is 1. The van der Waals surface area contributed by atoms with E-state index in [1.807, 2.05) is 0 Å². The SMILES string of the molecule is COC(=O)CS(=O)O. The van der Waals surface area contributed by atoms with Gasteiger partial charge in [0.05, 0.1) is 7.11 Å². The van der Waals surface area contributed by atoms with E-state index in [1.165, 1.54) is 0 Å². The lowest BCUT2D eigenvalue weighted by Crippen LogP contribution is -2.10. The van der Waals surface area contributed by atoms with E-state index < -0.39 is 22.8 Å². The van der Waals surface area contributed by atoms with E-state index in [2.05, 4.69) is 4.74 Å². The smallest absolute Gasteiger partial charge is 0.320 e. The molecule has 4 nitrogen and oxygen atoms in total. The first-order valence-electron chi connectivity index (χ1n) is 1.81. The number of esters is 1. The van der Waals surface area contributed by atoms with Crippen LogP contribution >= 0.6 is 0 Å². The predicted molar refractivity (Wildman–Crippen MR) is 27.7 cm³/mol. The van der Waals surface area contributed by atoms with Crippen molar-refractivity contribution in [1.82, 2.24) is 0 Å². The first kappa shape index (κ1) is 7.58. The number of ether oxygens (including phenoxy) is 1. The summed E-state index contributed by atoms with van der Waals surface area (Å²) in [5, 5.41) is 0. The van der Waals surface area contributed by atoms with Crippen LogP contribution < -0.4 is 0 Å². The summed E-state index contributed by atoms with van der Waals surface area (Å²) in [4.78, 5) is 10.0. The van der Waals surface area contributed by atoms with Crippen LogP contribution in [0.25, 0.3) is 0 Å². The molecule has 0 aromatic carbocycles. The van der Waals surface area contributed by atoms with Crippen LogP contribution in [0.2, 0.25) is 0 Å². The third-order valence-corrected chi connectivity index (χ3v) is 0.952. The fourth-order valence-corrected chi connectivity index (χ4v) is 0.479. The highest BCUT2D eigenvalue weighted by atomic mass is 32.2. The van der Waals surface area contributed by atoms with E-state index in [4.69, 9.17) is 4.55 Å². The maximum absolute atomic E-state index is 10.0. The molecular weight excluding hydrogens is 132 g/mol. The van der Waals surface area contributed by atoms with E-state index in [0.717, 1.165) is 7.11 Å². The molecule has 0 aromatic heterocycles. The molecule has 0 spiro atoms. The van der Waals surface area contributed by atoms with Gasteiger partial charge in [0.25, 0.3) is 0 Å². The Bertz CT molecular complexity index is 110. The highest BCUT2D eigenvalue weighted by Gasteiger charge is 2.02. The van der Waals surface area contributed by atoms with Crippen LogP contribution in [0, 0.1) is 0 Å². The molecule has 0 radical (unpaired) electrons. The Morgan fingerprint density at radius 3 is 2.50 bits per heavy atom. The topological polar surface area (TPSA) is 63.6 Å². The summed E-state index contributed by atoms with van der Waals surface area (Å²) in [6, 6.07) is 0. The van der Waals surface area contributed by atoms with Gasteiger partial charge in [-0.05, 0) is 0 Å². The van der Waals surface area contributed by atoms with Crippen molar-refractivity contribution in [3.63, 3.8) is 0 Å². The molecule has 48 valence electrons. The molecule has 0 fully saturated rings. The lowest BCUT2D eigenvalue weighted by Gasteiger charge is -1.90. The molecule has 0 aliphatic carbocycles. The van der Waals surface area contributed by atoms with Crippen molar-refractivity contribution in [1.29, 1.82) is 0 Å². The van der Waals surface area contributed by atoms with Crippen molar-refractivity contribution in [3.05, 3.63) is 0 Å². The molecule has 0 rings (SSSR count). The van der Waals surface area contributed by atoms with Gasteiger partial charge < -0.3 is 9.29 Å². The normalized spacial score (nSPS) is 12.8. The van der Waals surface area contributed by atoms with Crippen LogP contribution in [0.15, 0.2) is 0 Å². The van der Waals surface area contributed by atoms with Crippen LogP contribution in [0.3, 0.4) is 0 Å². The quantitative estimate of drug-likeness (QED) is 0.408. The lowest BCUT2D eigenvalue weighted by molar-refractivity contribution is -0.137. The van der Waals surface area contributed by atoms with Gasteiger partial charge in [0.15, 0.2) is 11.1 Å². The minimum atomic E-state index is -2.07. The van der Waals surface area contributed by atoms with Gasteiger partial charge >= 0.3 is 5.97 Å². The number of hydrogen-bond donors (Lipinski definition) is 1. The molecule has 0 amide bonds. The van der Waals surface area contributed by atoms with Crippen molar-refractivity contribution >= 4 is 17.0 Å². The number of hydrogen-bond acceptors (Lipinski definition) is 3. The molecule has 0 bridgehead atoms. The first-order chi connectivity index (χ1) is 3.66. The zero-order chi connectivity index (χ0) is 6.57. The number of carbonyl (C=O) groups is 1. The standard InChI is InChI=1S/C3H6O4S/c1-7-3(4)2-8(5)6/h2H2,1H3,(H,5,6). The average Bonchev–Trinajstić information content (AvgIpc) is 1.65. The molecule has 0 saturated heterocycles. The molecule has 1 unspecified atom stereocenters. The fourth-order valence-electron chi connectivity index (χ4n) is 0.160. The molecule has 0 aliphatic heterocycles. The van der Waals surface area contributed by atoms with Crippen molar-refractivity contribution in [2.24, 2.45) is 0 Å². The molecule has 8 heavy (non-hydrogen) atoms. The van der Waals surface area contributed by atoms with E-state index in [1.54, 1.807) is 0 Å². The van der Waals surface area contributed by atoms with Gasteiger partial charge in [0, 0.05) is 0 Å². The Labute approximate surface area is 49.1 Å². The van der Waals surface area contributed by atoms with E-state index >= 15 is 0 Å². The number of rotatable bonds is 2. The summed E-state index contributed by atoms with van der Waals surface area (Å²) in [6.45, 7) is 0. The van der Waals surface area contributed by atoms with Gasteiger partial charge in [-0.3, -0.25) is 4.79 Å². The second-order valence-corrected chi connectivity index (χ2v) is 1.97. The van der Waals surface area contributed by atoms with Gasteiger partial charge in [-0.2, -0.15) is 0 Å². The molecule has 0 heterocycles. The van der Waals surface area contributed by atoms with E-state index in [0.29, 0.717) is 0 Å². The molecule has 1 atom stereocenters. The van der Waals surface area contributed by atoms with Crippen molar-refractivity contribution in [2.75, 3.05) is 12.9 Å². The third-order valence-electron chi connectivity index (χ3n) is 0.469. The minimum absolute atomic E-state index is 0.448. The maximum atomic E-state index is 10.0. The van der Waals surface area contributed by atoms with Gasteiger partial charge in [0.2, 0.25) is 0 Å². The number of carbonyl (C=O) groups excluding carboxylic acids is 1. The first-order valence-corrected chi connectivity index (χ1v) is 3.08. The zero-order valence-electron chi connectivity index (χ0n) is 4.29. The van der Waals surface area contributed by atoms with Gasteiger partial charge in [-0.25, -0.2) is 4.21 Å². The lowest BCUT2D eigenvalue weighted by atomic mass is 10.8. The monoisotopic (exact) mass is 138 g/mol. The summed E-state index contributed by atoms with van der Waals surface area (Å²) in [7, 11) is 1.16. The highest BCUT2D eigenvalue weighted by Crippen LogP contribution is 1.76. The van der Waals surface area contributed by atoms with Gasteiger partial charge in [-0.1, -0.05) is 0 Å². The fraction of sp³-hybridized carbons (Fsp3) is 0.667. The van der Waals surface area contributed by atoms with Gasteiger partial charge in [-0.15, -0.1) is 0 Å². The Morgan fingerprint density at radius 2 is 2.38 bits per heavy atom. The molecule has 0 aliphatic rings. The summed E-state index contributed by atoms with van der Waals surface area (Å²) < 4.78 is 21.9. The molecule has 0 aromatic rings. The average molecular weight is 138 g/mol. The molecule has 1 N–H and O–H groups in total. The largest absolute Gasteiger partial charge is 0.468 e. The summed E-state index contributed by atoms with van der Waals surface area (Å²) in [6.07, 6.45) is 0. The van der Waals surface area contributed by atoms with Crippen LogP contribution in [0.5, 0.6) is 0 Å². The Morgan fingerprint density at radius 1 is 1.88 bits per heavy atom. The summed E-state index contributed by atoms with van der Waals surface area (Å²) >= 11 is -2.07.